The quantitative estimate of drug-likeness (QED) is 0.347. The van der Waals surface area contributed by atoms with Crippen LogP contribution in [0.3, 0.4) is 0 Å². The SMILES string of the molecule is CC(OC(=O)c1ccc(I)cc1)C(=O)Nc1cc(Cl)c(Cl)cc1Cl. The Labute approximate surface area is 167 Å². The van der Waals surface area contributed by atoms with Gasteiger partial charge in [0.25, 0.3) is 5.91 Å². The first-order valence-corrected chi connectivity index (χ1v) is 8.91. The van der Waals surface area contributed by atoms with Gasteiger partial charge in [-0.1, -0.05) is 34.8 Å². The topological polar surface area (TPSA) is 55.4 Å². The lowest BCUT2D eigenvalue weighted by Crippen LogP contribution is -2.30. The third-order valence-corrected chi connectivity index (χ3v) is 4.75. The summed E-state index contributed by atoms with van der Waals surface area (Å²) in [5, 5.41) is 3.31. The Morgan fingerprint density at radius 2 is 1.62 bits per heavy atom. The summed E-state index contributed by atoms with van der Waals surface area (Å²) >= 11 is 19.9. The molecule has 0 saturated carbocycles. The van der Waals surface area contributed by atoms with Crippen molar-refractivity contribution in [2.24, 2.45) is 0 Å². The molecule has 1 atom stereocenters. The molecule has 126 valence electrons. The predicted molar refractivity (Wildman–Crippen MR) is 104 cm³/mol. The second-order valence-electron chi connectivity index (χ2n) is 4.79. The van der Waals surface area contributed by atoms with E-state index in [4.69, 9.17) is 39.5 Å². The fourth-order valence-electron chi connectivity index (χ4n) is 1.72. The van der Waals surface area contributed by atoms with Gasteiger partial charge in [-0.05, 0) is 65.9 Å². The van der Waals surface area contributed by atoms with Crippen LogP contribution < -0.4 is 5.32 Å². The number of carbonyl (C=O) groups is 2. The van der Waals surface area contributed by atoms with Crippen molar-refractivity contribution < 1.29 is 14.3 Å². The minimum Gasteiger partial charge on any atom is -0.449 e. The van der Waals surface area contributed by atoms with E-state index in [-0.39, 0.29) is 20.8 Å². The maximum absolute atomic E-state index is 12.2. The molecule has 1 amide bonds. The van der Waals surface area contributed by atoms with Crippen LogP contribution in [0.15, 0.2) is 36.4 Å². The third-order valence-electron chi connectivity index (χ3n) is 3.00. The van der Waals surface area contributed by atoms with Gasteiger partial charge in [0.05, 0.1) is 26.3 Å². The Bertz CT molecular complexity index is 781. The highest BCUT2D eigenvalue weighted by atomic mass is 127. The molecule has 0 spiro atoms. The Kier molecular flexibility index (Phi) is 6.74. The Hall–Kier alpha value is -1.02. The number of hydrogen-bond donors (Lipinski definition) is 1. The largest absolute Gasteiger partial charge is 0.449 e. The zero-order chi connectivity index (χ0) is 17.9. The number of carbonyl (C=O) groups excluding carboxylic acids is 2. The lowest BCUT2D eigenvalue weighted by Gasteiger charge is -2.14. The van der Waals surface area contributed by atoms with Crippen molar-refractivity contribution in [3.63, 3.8) is 0 Å². The molecule has 0 heterocycles. The van der Waals surface area contributed by atoms with E-state index in [2.05, 4.69) is 27.9 Å². The van der Waals surface area contributed by atoms with E-state index in [0.717, 1.165) is 3.57 Å². The standard InChI is InChI=1S/C16H11Cl3INO3/c1-8(24-16(23)9-2-4-10(20)5-3-9)15(22)21-14-7-12(18)11(17)6-13(14)19/h2-8H,1H3,(H,21,22). The molecule has 1 N–H and O–H groups in total. The van der Waals surface area contributed by atoms with Crippen LogP contribution in [0.1, 0.15) is 17.3 Å². The summed E-state index contributed by atoms with van der Waals surface area (Å²) in [5.74, 6) is -1.12. The molecule has 0 aliphatic heterocycles. The van der Waals surface area contributed by atoms with Crippen LogP contribution in [0.2, 0.25) is 15.1 Å². The van der Waals surface area contributed by atoms with Gasteiger partial charge >= 0.3 is 5.97 Å². The minimum absolute atomic E-state index is 0.230. The van der Waals surface area contributed by atoms with Crippen LogP contribution in [0.4, 0.5) is 5.69 Å². The Morgan fingerprint density at radius 1 is 1.04 bits per heavy atom. The van der Waals surface area contributed by atoms with Gasteiger partial charge in [0.2, 0.25) is 0 Å². The summed E-state index contributed by atoms with van der Waals surface area (Å²) in [5.41, 5.74) is 0.649. The highest BCUT2D eigenvalue weighted by Gasteiger charge is 2.20. The highest BCUT2D eigenvalue weighted by molar-refractivity contribution is 14.1. The number of halogens is 4. The monoisotopic (exact) mass is 497 g/mol. The van der Waals surface area contributed by atoms with Gasteiger partial charge in [0.15, 0.2) is 6.10 Å². The van der Waals surface area contributed by atoms with Crippen LogP contribution in [0, 0.1) is 3.57 Å². The lowest BCUT2D eigenvalue weighted by atomic mass is 10.2. The number of esters is 1. The fraction of sp³-hybridized carbons (Fsp3) is 0.125. The summed E-state index contributed by atoms with van der Waals surface area (Å²) in [7, 11) is 0. The second kappa shape index (κ2) is 8.38. The van der Waals surface area contributed by atoms with Crippen molar-refractivity contribution in [2.75, 3.05) is 5.32 Å². The molecule has 0 aliphatic rings. The molecule has 0 fully saturated rings. The molecule has 2 rings (SSSR count). The number of anilines is 1. The summed E-state index contributed by atoms with van der Waals surface area (Å²) in [6, 6.07) is 9.66. The van der Waals surface area contributed by atoms with Gasteiger partial charge in [0.1, 0.15) is 0 Å². The molecule has 1 unspecified atom stereocenters. The van der Waals surface area contributed by atoms with Crippen LogP contribution in [0.25, 0.3) is 0 Å². The first-order chi connectivity index (χ1) is 11.3. The molecule has 24 heavy (non-hydrogen) atoms. The van der Waals surface area contributed by atoms with E-state index in [0.29, 0.717) is 5.56 Å². The first-order valence-electron chi connectivity index (χ1n) is 6.70. The second-order valence-corrected chi connectivity index (χ2v) is 7.26. The molecule has 4 nitrogen and oxygen atoms in total. The number of benzene rings is 2. The molecule has 0 aliphatic carbocycles. The molecular weight excluding hydrogens is 487 g/mol. The van der Waals surface area contributed by atoms with Crippen molar-refractivity contribution in [3.8, 4) is 0 Å². The van der Waals surface area contributed by atoms with Crippen molar-refractivity contribution in [1.29, 1.82) is 0 Å². The highest BCUT2D eigenvalue weighted by Crippen LogP contribution is 2.32. The molecule has 0 aromatic heterocycles. The fourth-order valence-corrected chi connectivity index (χ4v) is 2.67. The number of hydrogen-bond acceptors (Lipinski definition) is 3. The van der Waals surface area contributed by atoms with Gasteiger partial charge in [0, 0.05) is 3.57 Å². The molecule has 0 saturated heterocycles. The van der Waals surface area contributed by atoms with Crippen LogP contribution >= 0.6 is 57.4 Å². The average molecular weight is 499 g/mol. The minimum atomic E-state index is -1.01. The zero-order valence-electron chi connectivity index (χ0n) is 12.3. The summed E-state index contributed by atoms with van der Waals surface area (Å²) in [4.78, 5) is 24.2. The molecule has 2 aromatic rings. The molecule has 2 aromatic carbocycles. The third kappa shape index (κ3) is 4.99. The van der Waals surface area contributed by atoms with Gasteiger partial charge in [-0.3, -0.25) is 4.79 Å². The number of nitrogens with one attached hydrogen (secondary N) is 1. The molecule has 8 heteroatoms. The van der Waals surface area contributed by atoms with Gasteiger partial charge in [-0.2, -0.15) is 0 Å². The van der Waals surface area contributed by atoms with Crippen molar-refractivity contribution in [2.45, 2.75) is 13.0 Å². The average Bonchev–Trinajstić information content (AvgIpc) is 2.53. The summed E-state index contributed by atoms with van der Waals surface area (Å²) in [6.45, 7) is 1.46. The zero-order valence-corrected chi connectivity index (χ0v) is 16.7. The van der Waals surface area contributed by atoms with Crippen molar-refractivity contribution in [3.05, 3.63) is 60.6 Å². The van der Waals surface area contributed by atoms with E-state index < -0.39 is 18.0 Å². The van der Waals surface area contributed by atoms with Gasteiger partial charge in [-0.25, -0.2) is 4.79 Å². The number of amides is 1. The number of rotatable bonds is 4. The lowest BCUT2D eigenvalue weighted by molar-refractivity contribution is -0.123. The van der Waals surface area contributed by atoms with Crippen LogP contribution in [-0.2, 0) is 9.53 Å². The Morgan fingerprint density at radius 3 is 2.25 bits per heavy atom. The normalized spacial score (nSPS) is 11.7. The van der Waals surface area contributed by atoms with Gasteiger partial charge < -0.3 is 10.1 Å². The predicted octanol–water partition coefficient (Wildman–Crippen LogP) is 5.44. The molecule has 0 bridgehead atoms. The van der Waals surface area contributed by atoms with Gasteiger partial charge in [-0.15, -0.1) is 0 Å². The van der Waals surface area contributed by atoms with Crippen molar-refractivity contribution >= 4 is 75.0 Å². The van der Waals surface area contributed by atoms with E-state index in [1.807, 2.05) is 0 Å². The van der Waals surface area contributed by atoms with E-state index in [1.165, 1.54) is 19.1 Å². The number of ether oxygens (including phenoxy) is 1. The smallest absolute Gasteiger partial charge is 0.338 e. The van der Waals surface area contributed by atoms with Crippen LogP contribution in [0.5, 0.6) is 0 Å². The first kappa shape index (κ1) is 19.3. The summed E-state index contributed by atoms with van der Waals surface area (Å²) in [6.07, 6.45) is -1.01. The maximum atomic E-state index is 12.2. The molecule has 0 radical (unpaired) electrons. The van der Waals surface area contributed by atoms with Crippen molar-refractivity contribution in [1.82, 2.24) is 0 Å². The van der Waals surface area contributed by atoms with Crippen LogP contribution in [-0.4, -0.2) is 18.0 Å². The van der Waals surface area contributed by atoms with E-state index in [9.17, 15) is 9.59 Å². The Balaban J connectivity index is 2.03. The molecular formula is C16H11Cl3INO3. The van der Waals surface area contributed by atoms with E-state index in [1.54, 1.807) is 24.3 Å². The van der Waals surface area contributed by atoms with E-state index >= 15 is 0 Å². The maximum Gasteiger partial charge on any atom is 0.338 e. The summed E-state index contributed by atoms with van der Waals surface area (Å²) < 4.78 is 6.14.